The van der Waals surface area contributed by atoms with Gasteiger partial charge in [0, 0.05) is 0 Å². The third-order valence-electron chi connectivity index (χ3n) is 3.95. The summed E-state index contributed by atoms with van der Waals surface area (Å²) >= 11 is 11.9. The number of carboxylic acid groups (broad SMARTS) is 1. The van der Waals surface area contributed by atoms with E-state index in [1.54, 1.807) is 12.1 Å². The molecule has 0 bridgehead atoms. The molecule has 0 saturated carbocycles. The van der Waals surface area contributed by atoms with Crippen molar-refractivity contribution in [2.24, 2.45) is 5.16 Å². The topological polar surface area (TPSA) is 68.1 Å². The molecular weight excluding hydrogens is 413 g/mol. The average Bonchev–Trinajstić information content (AvgIpc) is 2.73. The third kappa shape index (κ3) is 6.24. The summed E-state index contributed by atoms with van der Waals surface area (Å²) in [6, 6.07) is 20.8. The van der Waals surface area contributed by atoms with Gasteiger partial charge in [0.1, 0.15) is 12.4 Å². The minimum Gasteiger partial charge on any atom is -0.489 e. The van der Waals surface area contributed by atoms with Gasteiger partial charge in [0.25, 0.3) is 0 Å². The fraction of sp³-hybridized carbons (Fsp3) is 0.0909. The predicted octanol–water partition coefficient (Wildman–Crippen LogP) is 5.67. The summed E-state index contributed by atoms with van der Waals surface area (Å²) in [4.78, 5) is 15.0. The van der Waals surface area contributed by atoms with Crippen LogP contribution in [0.2, 0.25) is 10.0 Å². The predicted molar refractivity (Wildman–Crippen MR) is 114 cm³/mol. The fourth-order valence-electron chi connectivity index (χ4n) is 2.49. The number of oxime groups is 1. The summed E-state index contributed by atoms with van der Waals surface area (Å²) in [6.07, 6.45) is 1.46. The van der Waals surface area contributed by atoms with Crippen molar-refractivity contribution in [3.63, 3.8) is 0 Å². The van der Waals surface area contributed by atoms with Crippen molar-refractivity contribution >= 4 is 35.4 Å². The van der Waals surface area contributed by atoms with Crippen molar-refractivity contribution in [1.82, 2.24) is 0 Å². The number of benzene rings is 3. The van der Waals surface area contributed by atoms with Crippen LogP contribution in [0.5, 0.6) is 5.75 Å². The summed E-state index contributed by atoms with van der Waals surface area (Å²) < 4.78 is 5.79. The molecule has 148 valence electrons. The van der Waals surface area contributed by atoms with E-state index in [0.29, 0.717) is 16.7 Å². The van der Waals surface area contributed by atoms with Crippen molar-refractivity contribution in [2.45, 2.75) is 6.61 Å². The smallest absolute Gasteiger partial charge is 0.344 e. The first-order valence-corrected chi connectivity index (χ1v) is 9.41. The number of nitrogens with zero attached hydrogens (tertiary/aromatic N) is 1. The number of aliphatic carboxylic acids is 1. The molecule has 5 nitrogen and oxygen atoms in total. The molecule has 3 aromatic rings. The van der Waals surface area contributed by atoms with Crippen molar-refractivity contribution in [1.29, 1.82) is 0 Å². The molecule has 0 saturated heterocycles. The first-order valence-electron chi connectivity index (χ1n) is 8.65. The summed E-state index contributed by atoms with van der Waals surface area (Å²) in [5.74, 6) is -0.318. The Bertz CT molecular complexity index is 1000. The highest BCUT2D eigenvalue weighted by Crippen LogP contribution is 2.25. The number of halogens is 2. The van der Waals surface area contributed by atoms with Gasteiger partial charge in [-0.05, 0) is 46.5 Å². The van der Waals surface area contributed by atoms with Crippen molar-refractivity contribution in [2.75, 3.05) is 6.61 Å². The SMILES string of the molecule is O=C(O)CO/N=C/c1ccc(-c2ccc(OCc3ccc(Cl)c(Cl)c3)cc2)cc1. The summed E-state index contributed by atoms with van der Waals surface area (Å²) in [5, 5.41) is 13.1. The van der Waals surface area contributed by atoms with Gasteiger partial charge in [0.15, 0.2) is 0 Å². The Hall–Kier alpha value is -3.02. The molecule has 3 aromatic carbocycles. The second-order valence-electron chi connectivity index (χ2n) is 6.09. The van der Waals surface area contributed by atoms with Gasteiger partial charge in [0.2, 0.25) is 6.61 Å². The van der Waals surface area contributed by atoms with Crippen LogP contribution in [0.25, 0.3) is 11.1 Å². The Morgan fingerprint density at radius 2 is 1.59 bits per heavy atom. The molecule has 0 aliphatic heterocycles. The van der Waals surface area contributed by atoms with E-state index in [1.807, 2.05) is 54.6 Å². The van der Waals surface area contributed by atoms with E-state index < -0.39 is 12.6 Å². The van der Waals surface area contributed by atoms with Crippen LogP contribution >= 0.6 is 23.2 Å². The number of hydrogen-bond donors (Lipinski definition) is 1. The molecule has 3 rings (SSSR count). The lowest BCUT2D eigenvalue weighted by atomic mass is 10.0. The van der Waals surface area contributed by atoms with E-state index in [-0.39, 0.29) is 0 Å². The van der Waals surface area contributed by atoms with Gasteiger partial charge in [-0.15, -0.1) is 0 Å². The average molecular weight is 430 g/mol. The van der Waals surface area contributed by atoms with E-state index >= 15 is 0 Å². The Kier molecular flexibility index (Phi) is 7.11. The number of carboxylic acids is 1. The summed E-state index contributed by atoms with van der Waals surface area (Å²) in [5.41, 5.74) is 3.82. The molecule has 0 amide bonds. The first-order chi connectivity index (χ1) is 14.0. The highest BCUT2D eigenvalue weighted by molar-refractivity contribution is 6.42. The molecular formula is C22H17Cl2NO4. The molecule has 29 heavy (non-hydrogen) atoms. The largest absolute Gasteiger partial charge is 0.489 e. The van der Waals surface area contributed by atoms with E-state index in [2.05, 4.69) is 9.99 Å². The molecule has 0 fully saturated rings. The zero-order valence-electron chi connectivity index (χ0n) is 15.2. The van der Waals surface area contributed by atoms with Crippen LogP contribution in [0, 0.1) is 0 Å². The molecule has 0 aliphatic carbocycles. The van der Waals surface area contributed by atoms with Gasteiger partial charge in [-0.1, -0.05) is 70.8 Å². The van der Waals surface area contributed by atoms with E-state index in [9.17, 15) is 4.79 Å². The number of rotatable bonds is 8. The van der Waals surface area contributed by atoms with Crippen molar-refractivity contribution in [3.8, 4) is 16.9 Å². The van der Waals surface area contributed by atoms with Gasteiger partial charge in [-0.25, -0.2) is 4.79 Å². The maximum Gasteiger partial charge on any atom is 0.344 e. The molecule has 0 unspecified atom stereocenters. The fourth-order valence-corrected chi connectivity index (χ4v) is 2.81. The standard InChI is InChI=1S/C22H17Cl2NO4/c23-20-10-3-16(11-21(20)24)13-28-19-8-6-18(7-9-19)17-4-1-15(2-5-17)12-25-29-14-22(26)27/h1-12H,13-14H2,(H,26,27)/b25-12+. The van der Waals surface area contributed by atoms with Gasteiger partial charge in [0.05, 0.1) is 16.3 Å². The van der Waals surface area contributed by atoms with Crippen LogP contribution in [0.4, 0.5) is 0 Å². The maximum absolute atomic E-state index is 10.4. The minimum atomic E-state index is -1.07. The molecule has 0 aliphatic rings. The molecule has 0 atom stereocenters. The van der Waals surface area contributed by atoms with Gasteiger partial charge < -0.3 is 14.7 Å². The summed E-state index contributed by atoms with van der Waals surface area (Å²) in [7, 11) is 0. The Morgan fingerprint density at radius 1 is 0.931 bits per heavy atom. The zero-order chi connectivity index (χ0) is 20.6. The molecule has 0 radical (unpaired) electrons. The van der Waals surface area contributed by atoms with Gasteiger partial charge in [-0.2, -0.15) is 0 Å². The molecule has 1 N–H and O–H groups in total. The molecule has 7 heteroatoms. The van der Waals surface area contributed by atoms with Crippen LogP contribution in [0.1, 0.15) is 11.1 Å². The quantitative estimate of drug-likeness (QED) is 0.369. The minimum absolute atomic E-state index is 0.397. The first kappa shape index (κ1) is 20.7. The molecule has 0 heterocycles. The normalized spacial score (nSPS) is 10.8. The second-order valence-corrected chi connectivity index (χ2v) is 6.90. The van der Waals surface area contributed by atoms with Crippen LogP contribution in [-0.2, 0) is 16.2 Å². The van der Waals surface area contributed by atoms with E-state index in [4.69, 9.17) is 33.0 Å². The van der Waals surface area contributed by atoms with Gasteiger partial charge in [-0.3, -0.25) is 0 Å². The lowest BCUT2D eigenvalue weighted by molar-refractivity contribution is -0.142. The zero-order valence-corrected chi connectivity index (χ0v) is 16.7. The van der Waals surface area contributed by atoms with E-state index in [1.165, 1.54) is 6.21 Å². The third-order valence-corrected chi connectivity index (χ3v) is 4.69. The van der Waals surface area contributed by atoms with Crippen LogP contribution in [0.3, 0.4) is 0 Å². The van der Waals surface area contributed by atoms with Crippen LogP contribution in [-0.4, -0.2) is 23.9 Å². The monoisotopic (exact) mass is 429 g/mol. The maximum atomic E-state index is 10.4. The van der Waals surface area contributed by atoms with Crippen LogP contribution in [0.15, 0.2) is 71.9 Å². The lowest BCUT2D eigenvalue weighted by Crippen LogP contribution is -2.03. The molecule has 0 spiro atoms. The second kappa shape index (κ2) is 9.96. The van der Waals surface area contributed by atoms with Crippen LogP contribution < -0.4 is 4.74 Å². The highest BCUT2D eigenvalue weighted by Gasteiger charge is 2.03. The van der Waals surface area contributed by atoms with Gasteiger partial charge >= 0.3 is 5.97 Å². The highest BCUT2D eigenvalue weighted by atomic mass is 35.5. The van der Waals surface area contributed by atoms with Crippen molar-refractivity contribution in [3.05, 3.63) is 87.9 Å². The number of ether oxygens (including phenoxy) is 1. The Balaban J connectivity index is 1.58. The Morgan fingerprint density at radius 3 is 2.21 bits per heavy atom. The number of hydrogen-bond acceptors (Lipinski definition) is 4. The number of carbonyl (C=O) groups is 1. The Labute approximate surface area is 178 Å². The van der Waals surface area contributed by atoms with Crippen molar-refractivity contribution < 1.29 is 19.5 Å². The van der Waals surface area contributed by atoms with E-state index in [0.717, 1.165) is 28.0 Å². The lowest BCUT2D eigenvalue weighted by Gasteiger charge is -2.08. The molecule has 0 aromatic heterocycles. The summed E-state index contributed by atoms with van der Waals surface area (Å²) in [6.45, 7) is -0.0672.